The highest BCUT2D eigenvalue weighted by atomic mass is 16.5. The Labute approximate surface area is 126 Å². The molecule has 1 fully saturated rings. The third kappa shape index (κ3) is 6.14. The van der Waals surface area contributed by atoms with Gasteiger partial charge in [0.15, 0.2) is 0 Å². The Morgan fingerprint density at radius 1 is 1.48 bits per heavy atom. The van der Waals surface area contributed by atoms with Gasteiger partial charge in [-0.3, -0.25) is 0 Å². The summed E-state index contributed by atoms with van der Waals surface area (Å²) < 4.78 is 11.0. The fourth-order valence-corrected chi connectivity index (χ4v) is 2.26. The van der Waals surface area contributed by atoms with Crippen molar-refractivity contribution >= 4 is 11.7 Å². The number of aryl methyl sites for hydroxylation is 1. The van der Waals surface area contributed by atoms with Gasteiger partial charge in [0.05, 0.1) is 12.7 Å². The van der Waals surface area contributed by atoms with E-state index in [4.69, 9.17) is 9.47 Å². The molecule has 116 valence electrons. The van der Waals surface area contributed by atoms with Gasteiger partial charge in [-0.25, -0.2) is 4.79 Å². The van der Waals surface area contributed by atoms with Crippen molar-refractivity contribution in [1.82, 2.24) is 5.32 Å². The molecule has 1 saturated heterocycles. The summed E-state index contributed by atoms with van der Waals surface area (Å²) in [5, 5.41) is 5.63. The smallest absolute Gasteiger partial charge is 0.319 e. The summed E-state index contributed by atoms with van der Waals surface area (Å²) in [4.78, 5) is 11.7. The highest BCUT2D eigenvalue weighted by Crippen LogP contribution is 2.12. The maximum absolute atomic E-state index is 11.7. The van der Waals surface area contributed by atoms with Crippen LogP contribution in [0.4, 0.5) is 10.5 Å². The molecule has 1 aromatic carbocycles. The molecule has 0 spiro atoms. The molecule has 2 N–H and O–H groups in total. The second-order valence-electron chi connectivity index (χ2n) is 5.31. The summed E-state index contributed by atoms with van der Waals surface area (Å²) in [6.45, 7) is 4.76. The summed E-state index contributed by atoms with van der Waals surface area (Å²) in [6, 6.07) is 7.54. The van der Waals surface area contributed by atoms with Crippen LogP contribution in [0.5, 0.6) is 0 Å². The zero-order valence-corrected chi connectivity index (χ0v) is 12.6. The number of carbonyl (C=O) groups excluding carboxylic acids is 1. The number of benzene rings is 1. The van der Waals surface area contributed by atoms with E-state index in [2.05, 4.69) is 10.6 Å². The zero-order chi connectivity index (χ0) is 14.9. The molecule has 2 amide bonds. The summed E-state index contributed by atoms with van der Waals surface area (Å²) >= 11 is 0. The minimum absolute atomic E-state index is 0.181. The second kappa shape index (κ2) is 8.64. The molecule has 0 radical (unpaired) electrons. The first-order valence-electron chi connectivity index (χ1n) is 7.55. The lowest BCUT2D eigenvalue weighted by Crippen LogP contribution is -2.30. The minimum atomic E-state index is -0.181. The Bertz CT molecular complexity index is 445. The van der Waals surface area contributed by atoms with Crippen LogP contribution in [0, 0.1) is 6.92 Å². The van der Waals surface area contributed by atoms with Crippen LogP contribution in [0.1, 0.15) is 24.8 Å². The molecule has 0 aliphatic carbocycles. The highest BCUT2D eigenvalue weighted by Gasteiger charge is 2.14. The fraction of sp³-hybridized carbons (Fsp3) is 0.562. The Morgan fingerprint density at radius 2 is 2.38 bits per heavy atom. The standard InChI is InChI=1S/C16H24N2O3/c1-13-5-2-6-14(11-13)18-16(19)17-8-4-9-20-12-15-7-3-10-21-15/h2,5-6,11,15H,3-4,7-10,12H2,1H3,(H2,17,18,19)/t15-/m1/s1. The molecule has 2 rings (SSSR count). The monoisotopic (exact) mass is 292 g/mol. The van der Waals surface area contributed by atoms with Gasteiger partial charge in [-0.2, -0.15) is 0 Å². The maximum Gasteiger partial charge on any atom is 0.319 e. The van der Waals surface area contributed by atoms with Gasteiger partial charge >= 0.3 is 6.03 Å². The van der Waals surface area contributed by atoms with E-state index in [9.17, 15) is 4.79 Å². The Hall–Kier alpha value is -1.59. The molecule has 5 nitrogen and oxygen atoms in total. The van der Waals surface area contributed by atoms with Gasteiger partial charge in [0, 0.05) is 25.4 Å². The molecule has 1 aliphatic heterocycles. The predicted molar refractivity (Wildman–Crippen MR) is 82.6 cm³/mol. The van der Waals surface area contributed by atoms with Gasteiger partial charge in [0.25, 0.3) is 0 Å². The van der Waals surface area contributed by atoms with E-state index in [1.54, 1.807) is 0 Å². The third-order valence-corrected chi connectivity index (χ3v) is 3.35. The van der Waals surface area contributed by atoms with E-state index in [1.807, 2.05) is 31.2 Å². The molecule has 1 heterocycles. The van der Waals surface area contributed by atoms with Gasteiger partial charge < -0.3 is 20.1 Å². The minimum Gasteiger partial charge on any atom is -0.379 e. The van der Waals surface area contributed by atoms with Crippen molar-refractivity contribution < 1.29 is 14.3 Å². The first-order chi connectivity index (χ1) is 10.2. The largest absolute Gasteiger partial charge is 0.379 e. The lowest BCUT2D eigenvalue weighted by Gasteiger charge is -2.11. The molecule has 1 aromatic rings. The maximum atomic E-state index is 11.7. The van der Waals surface area contributed by atoms with Gasteiger partial charge in [0.1, 0.15) is 0 Å². The van der Waals surface area contributed by atoms with E-state index in [0.29, 0.717) is 19.8 Å². The number of anilines is 1. The van der Waals surface area contributed by atoms with Gasteiger partial charge in [-0.05, 0) is 43.9 Å². The predicted octanol–water partition coefficient (Wildman–Crippen LogP) is 2.70. The summed E-state index contributed by atoms with van der Waals surface area (Å²) in [5.41, 5.74) is 1.93. The third-order valence-electron chi connectivity index (χ3n) is 3.35. The van der Waals surface area contributed by atoms with Crippen molar-refractivity contribution in [2.75, 3.05) is 31.7 Å². The van der Waals surface area contributed by atoms with E-state index < -0.39 is 0 Å². The molecule has 0 unspecified atom stereocenters. The molecule has 0 aromatic heterocycles. The number of urea groups is 1. The topological polar surface area (TPSA) is 59.6 Å². The lowest BCUT2D eigenvalue weighted by molar-refractivity contribution is 0.0168. The summed E-state index contributed by atoms with van der Waals surface area (Å²) in [7, 11) is 0. The van der Waals surface area contributed by atoms with Crippen LogP contribution in [-0.4, -0.2) is 38.5 Å². The lowest BCUT2D eigenvalue weighted by atomic mass is 10.2. The Kier molecular flexibility index (Phi) is 6.50. The van der Waals surface area contributed by atoms with Crippen molar-refractivity contribution in [2.24, 2.45) is 0 Å². The molecule has 0 bridgehead atoms. The van der Waals surface area contributed by atoms with Crippen LogP contribution >= 0.6 is 0 Å². The average Bonchev–Trinajstić information content (AvgIpc) is 2.96. The number of ether oxygens (including phenoxy) is 2. The SMILES string of the molecule is Cc1cccc(NC(=O)NCCCOC[C@H]2CCCO2)c1. The van der Waals surface area contributed by atoms with Gasteiger partial charge in [0.2, 0.25) is 0 Å². The van der Waals surface area contributed by atoms with Gasteiger partial charge in [-0.1, -0.05) is 12.1 Å². The number of nitrogens with one attached hydrogen (secondary N) is 2. The Morgan fingerprint density at radius 3 is 3.14 bits per heavy atom. The summed E-state index contributed by atoms with van der Waals surface area (Å²) in [6.07, 6.45) is 3.29. The van der Waals surface area contributed by atoms with Gasteiger partial charge in [-0.15, -0.1) is 0 Å². The number of amides is 2. The summed E-state index contributed by atoms with van der Waals surface area (Å²) in [5.74, 6) is 0. The first-order valence-corrected chi connectivity index (χ1v) is 7.55. The van der Waals surface area contributed by atoms with E-state index >= 15 is 0 Å². The number of carbonyl (C=O) groups is 1. The number of rotatable bonds is 7. The van der Waals surface area contributed by atoms with Crippen LogP contribution in [0.2, 0.25) is 0 Å². The van der Waals surface area contributed by atoms with Crippen molar-refractivity contribution in [3.63, 3.8) is 0 Å². The molecule has 21 heavy (non-hydrogen) atoms. The van der Waals surface area contributed by atoms with E-state index in [-0.39, 0.29) is 12.1 Å². The molecule has 5 heteroatoms. The van der Waals surface area contributed by atoms with Crippen LogP contribution < -0.4 is 10.6 Å². The van der Waals surface area contributed by atoms with Crippen molar-refractivity contribution in [3.8, 4) is 0 Å². The molecule has 0 saturated carbocycles. The fourth-order valence-electron chi connectivity index (χ4n) is 2.26. The van der Waals surface area contributed by atoms with Crippen molar-refractivity contribution in [2.45, 2.75) is 32.3 Å². The van der Waals surface area contributed by atoms with Crippen molar-refractivity contribution in [1.29, 1.82) is 0 Å². The molecular formula is C16H24N2O3. The molecule has 1 atom stereocenters. The quantitative estimate of drug-likeness (QED) is 0.760. The van der Waals surface area contributed by atoms with Crippen LogP contribution in [0.15, 0.2) is 24.3 Å². The first kappa shape index (κ1) is 15.8. The molecule has 1 aliphatic rings. The van der Waals surface area contributed by atoms with E-state index in [1.165, 1.54) is 0 Å². The van der Waals surface area contributed by atoms with Crippen molar-refractivity contribution in [3.05, 3.63) is 29.8 Å². The number of hydrogen-bond donors (Lipinski definition) is 2. The zero-order valence-electron chi connectivity index (χ0n) is 12.6. The average molecular weight is 292 g/mol. The normalized spacial score (nSPS) is 17.7. The Balaban J connectivity index is 1.51. The second-order valence-corrected chi connectivity index (χ2v) is 5.31. The van der Waals surface area contributed by atoms with Crippen LogP contribution in [0.25, 0.3) is 0 Å². The highest BCUT2D eigenvalue weighted by molar-refractivity contribution is 5.89. The van der Waals surface area contributed by atoms with Crippen LogP contribution in [-0.2, 0) is 9.47 Å². The van der Waals surface area contributed by atoms with E-state index in [0.717, 1.165) is 37.1 Å². The molecular weight excluding hydrogens is 268 g/mol. The number of hydrogen-bond acceptors (Lipinski definition) is 3. The van der Waals surface area contributed by atoms with Crippen LogP contribution in [0.3, 0.4) is 0 Å².